The number of hydrogen-bond donors (Lipinski definition) is 1. The normalized spacial score (nSPS) is 16.2. The first-order valence-electron chi connectivity index (χ1n) is 11.0. The van der Waals surface area contributed by atoms with Crippen molar-refractivity contribution in [2.45, 2.75) is 51.6 Å². The molecule has 1 aromatic carbocycles. The molecule has 1 aliphatic rings. The average molecular weight is 443 g/mol. The van der Waals surface area contributed by atoms with Crippen molar-refractivity contribution in [2.75, 3.05) is 13.1 Å². The molecular weight excluding hydrogens is 415 g/mol. The Kier molecular flexibility index (Phi) is 6.88. The lowest BCUT2D eigenvalue weighted by Crippen LogP contribution is -2.35. The van der Waals surface area contributed by atoms with Gasteiger partial charge in [-0.3, -0.25) is 4.79 Å². The Bertz CT molecular complexity index is 1040. The van der Waals surface area contributed by atoms with Gasteiger partial charge in [-0.25, -0.2) is 9.37 Å². The van der Waals surface area contributed by atoms with Crippen LogP contribution in [0.25, 0.3) is 5.65 Å². The molecule has 1 aliphatic heterocycles. The van der Waals surface area contributed by atoms with E-state index in [-0.39, 0.29) is 17.8 Å². The topological polar surface area (TPSA) is 49.6 Å². The van der Waals surface area contributed by atoms with Gasteiger partial charge in [-0.15, -0.1) is 0 Å². The van der Waals surface area contributed by atoms with Gasteiger partial charge in [0.15, 0.2) is 5.69 Å². The SMILES string of the molecule is C[C@H](NCc1c(C(=O)N2CCCCCCC2)nc2ccc(Cl)cn12)c1ccc(F)cc1. The van der Waals surface area contributed by atoms with Gasteiger partial charge in [-0.1, -0.05) is 43.0 Å². The van der Waals surface area contributed by atoms with Crippen molar-refractivity contribution in [3.05, 3.63) is 70.4 Å². The summed E-state index contributed by atoms with van der Waals surface area (Å²) in [5, 5.41) is 4.04. The van der Waals surface area contributed by atoms with Crippen LogP contribution in [0, 0.1) is 5.82 Å². The number of benzene rings is 1. The molecule has 0 spiro atoms. The Morgan fingerprint density at radius 2 is 1.77 bits per heavy atom. The second-order valence-corrected chi connectivity index (χ2v) is 8.63. The first-order chi connectivity index (χ1) is 15.0. The van der Waals surface area contributed by atoms with Crippen molar-refractivity contribution in [3.63, 3.8) is 0 Å². The number of aromatic nitrogens is 2. The number of carbonyl (C=O) groups excluding carboxylic acids is 1. The summed E-state index contributed by atoms with van der Waals surface area (Å²) in [6, 6.07) is 10.0. The number of hydrogen-bond acceptors (Lipinski definition) is 3. The van der Waals surface area contributed by atoms with E-state index in [9.17, 15) is 9.18 Å². The van der Waals surface area contributed by atoms with E-state index in [4.69, 9.17) is 11.6 Å². The van der Waals surface area contributed by atoms with Crippen molar-refractivity contribution >= 4 is 23.2 Å². The summed E-state index contributed by atoms with van der Waals surface area (Å²) >= 11 is 6.24. The minimum atomic E-state index is -0.256. The van der Waals surface area contributed by atoms with Crippen molar-refractivity contribution in [1.82, 2.24) is 19.6 Å². The van der Waals surface area contributed by atoms with E-state index in [0.29, 0.717) is 22.9 Å². The molecule has 2 aromatic heterocycles. The number of fused-ring (bicyclic) bond motifs is 1. The van der Waals surface area contributed by atoms with Crippen LogP contribution in [-0.2, 0) is 6.54 Å². The summed E-state index contributed by atoms with van der Waals surface area (Å²) in [5.74, 6) is -0.276. The van der Waals surface area contributed by atoms with E-state index in [2.05, 4.69) is 10.3 Å². The summed E-state index contributed by atoms with van der Waals surface area (Å²) in [4.78, 5) is 20.0. The molecule has 0 radical (unpaired) electrons. The van der Waals surface area contributed by atoms with Crippen LogP contribution in [0.4, 0.5) is 4.39 Å². The van der Waals surface area contributed by atoms with Gasteiger partial charge in [0.25, 0.3) is 5.91 Å². The highest BCUT2D eigenvalue weighted by Gasteiger charge is 2.24. The van der Waals surface area contributed by atoms with Crippen LogP contribution < -0.4 is 5.32 Å². The van der Waals surface area contributed by atoms with Gasteiger partial charge in [0, 0.05) is 31.9 Å². The fourth-order valence-corrected chi connectivity index (χ4v) is 4.29. The lowest BCUT2D eigenvalue weighted by atomic mass is 10.1. The number of rotatable bonds is 5. The van der Waals surface area contributed by atoms with Crippen LogP contribution in [0.2, 0.25) is 5.02 Å². The fraction of sp³-hybridized carbons (Fsp3) is 0.417. The Morgan fingerprint density at radius 1 is 1.10 bits per heavy atom. The van der Waals surface area contributed by atoms with E-state index < -0.39 is 0 Å². The molecule has 5 nitrogen and oxygen atoms in total. The standard InChI is InChI=1S/C24H28ClFN4O/c1-17(18-7-10-20(26)11-8-18)27-15-21-23(28-22-12-9-19(25)16-30(21)22)24(31)29-13-5-3-2-4-6-14-29/h7-12,16-17,27H,2-6,13-15H2,1H3/t17-/m0/s1. The number of amides is 1. The summed E-state index contributed by atoms with van der Waals surface area (Å²) in [7, 11) is 0. The number of carbonyl (C=O) groups is 1. The number of pyridine rings is 1. The predicted octanol–water partition coefficient (Wildman–Crippen LogP) is 5.38. The van der Waals surface area contributed by atoms with Gasteiger partial charge in [0.1, 0.15) is 11.5 Å². The van der Waals surface area contributed by atoms with E-state index in [1.54, 1.807) is 24.4 Å². The molecule has 1 fully saturated rings. The van der Waals surface area contributed by atoms with Crippen molar-refractivity contribution in [1.29, 1.82) is 0 Å². The molecule has 4 rings (SSSR count). The molecule has 3 heterocycles. The van der Waals surface area contributed by atoms with Crippen LogP contribution in [0.3, 0.4) is 0 Å². The minimum absolute atomic E-state index is 0.0185. The summed E-state index contributed by atoms with van der Waals surface area (Å²) in [6.45, 7) is 4.00. The van der Waals surface area contributed by atoms with Crippen LogP contribution in [0.15, 0.2) is 42.6 Å². The highest BCUT2D eigenvalue weighted by molar-refractivity contribution is 6.30. The van der Waals surface area contributed by atoms with Gasteiger partial charge in [-0.2, -0.15) is 0 Å². The molecule has 0 saturated carbocycles. The predicted molar refractivity (Wildman–Crippen MR) is 121 cm³/mol. The zero-order valence-corrected chi connectivity index (χ0v) is 18.5. The summed E-state index contributed by atoms with van der Waals surface area (Å²) < 4.78 is 15.2. The largest absolute Gasteiger partial charge is 0.337 e. The van der Waals surface area contributed by atoms with E-state index in [1.807, 2.05) is 22.3 Å². The number of nitrogens with zero attached hydrogens (tertiary/aromatic N) is 3. The number of imidazole rings is 1. The van der Waals surface area contributed by atoms with Gasteiger partial charge in [0.05, 0.1) is 10.7 Å². The summed E-state index contributed by atoms with van der Waals surface area (Å²) in [5.41, 5.74) is 2.94. The Labute approximate surface area is 187 Å². The van der Waals surface area contributed by atoms with Gasteiger partial charge in [0.2, 0.25) is 0 Å². The molecule has 0 bridgehead atoms. The van der Waals surface area contributed by atoms with Crippen LogP contribution in [0.5, 0.6) is 0 Å². The molecule has 7 heteroatoms. The van der Waals surface area contributed by atoms with E-state index >= 15 is 0 Å². The smallest absolute Gasteiger partial charge is 0.274 e. The molecule has 1 atom stereocenters. The zero-order valence-electron chi connectivity index (χ0n) is 17.8. The zero-order chi connectivity index (χ0) is 21.8. The second kappa shape index (κ2) is 9.79. The molecule has 3 aromatic rings. The first kappa shape index (κ1) is 21.8. The fourth-order valence-electron chi connectivity index (χ4n) is 4.13. The molecule has 0 unspecified atom stereocenters. The minimum Gasteiger partial charge on any atom is -0.337 e. The second-order valence-electron chi connectivity index (χ2n) is 8.20. The third-order valence-corrected chi connectivity index (χ3v) is 6.20. The first-order valence-corrected chi connectivity index (χ1v) is 11.4. The molecule has 1 saturated heterocycles. The van der Waals surface area contributed by atoms with Gasteiger partial charge < -0.3 is 14.6 Å². The van der Waals surface area contributed by atoms with E-state index in [0.717, 1.165) is 50.0 Å². The van der Waals surface area contributed by atoms with E-state index in [1.165, 1.54) is 18.6 Å². The van der Waals surface area contributed by atoms with Crippen LogP contribution in [-0.4, -0.2) is 33.3 Å². The lowest BCUT2D eigenvalue weighted by molar-refractivity contribution is 0.0735. The molecule has 164 valence electrons. The molecule has 0 aliphatic carbocycles. The molecular formula is C24H28ClFN4O. The molecule has 1 amide bonds. The highest BCUT2D eigenvalue weighted by Crippen LogP contribution is 2.21. The van der Waals surface area contributed by atoms with Crippen molar-refractivity contribution in [2.24, 2.45) is 0 Å². The highest BCUT2D eigenvalue weighted by atomic mass is 35.5. The van der Waals surface area contributed by atoms with Gasteiger partial charge >= 0.3 is 0 Å². The third kappa shape index (κ3) is 5.08. The number of nitrogens with one attached hydrogen (secondary N) is 1. The number of likely N-dealkylation sites (tertiary alicyclic amines) is 1. The van der Waals surface area contributed by atoms with Gasteiger partial charge in [-0.05, 0) is 49.6 Å². The van der Waals surface area contributed by atoms with Crippen LogP contribution in [0.1, 0.15) is 66.8 Å². The summed E-state index contributed by atoms with van der Waals surface area (Å²) in [6.07, 6.45) is 7.42. The monoisotopic (exact) mass is 442 g/mol. The van der Waals surface area contributed by atoms with Crippen molar-refractivity contribution in [3.8, 4) is 0 Å². The third-order valence-electron chi connectivity index (χ3n) is 5.97. The molecule has 31 heavy (non-hydrogen) atoms. The lowest BCUT2D eigenvalue weighted by Gasteiger charge is -2.24. The Hall–Kier alpha value is -2.44. The maximum atomic E-state index is 13.4. The number of halogens is 2. The maximum Gasteiger partial charge on any atom is 0.274 e. The Balaban J connectivity index is 1.61. The van der Waals surface area contributed by atoms with Crippen LogP contribution >= 0.6 is 11.6 Å². The van der Waals surface area contributed by atoms with Crippen molar-refractivity contribution < 1.29 is 9.18 Å². The quantitative estimate of drug-likeness (QED) is 0.576. The maximum absolute atomic E-state index is 13.4. The average Bonchev–Trinajstić information content (AvgIpc) is 3.09. The Morgan fingerprint density at radius 3 is 2.48 bits per heavy atom. The molecule has 1 N–H and O–H groups in total.